The third-order valence-corrected chi connectivity index (χ3v) is 5.31. The molecule has 2 aromatic heterocycles. The number of amides is 1. The molecule has 0 fully saturated rings. The van der Waals surface area contributed by atoms with Crippen molar-refractivity contribution in [2.45, 2.75) is 13.3 Å². The highest BCUT2D eigenvalue weighted by Crippen LogP contribution is 2.31. The van der Waals surface area contributed by atoms with Crippen LogP contribution < -0.4 is 10.6 Å². The highest BCUT2D eigenvalue weighted by molar-refractivity contribution is 7.27. The molecule has 1 aromatic carbocycles. The lowest BCUT2D eigenvalue weighted by molar-refractivity contribution is 0.0991. The van der Waals surface area contributed by atoms with Crippen molar-refractivity contribution in [3.8, 4) is 0 Å². The fourth-order valence-corrected chi connectivity index (χ4v) is 4.33. The number of carbonyl (C=O) groups is 1. The van der Waals surface area contributed by atoms with E-state index in [1.54, 1.807) is 22.7 Å². The first-order valence-electron chi connectivity index (χ1n) is 6.83. The van der Waals surface area contributed by atoms with Gasteiger partial charge in [0.25, 0.3) is 5.91 Å². The molecule has 2 heterocycles. The monoisotopic (exact) mass is 316 g/mol. The number of hydrogen-bond donors (Lipinski definition) is 1. The molecular formula is C16H16N2OS2. The molecule has 0 aliphatic carbocycles. The molecule has 3 nitrogen and oxygen atoms in total. The first-order chi connectivity index (χ1) is 10.2. The Morgan fingerprint density at radius 3 is 2.81 bits per heavy atom. The normalized spacial score (nSPS) is 10.9. The minimum Gasteiger partial charge on any atom is -0.399 e. The number of nitrogens with zero attached hydrogens (tertiary/aromatic N) is 1. The summed E-state index contributed by atoms with van der Waals surface area (Å²) in [7, 11) is 0. The Balaban J connectivity index is 1.96. The Hall–Kier alpha value is -1.85. The topological polar surface area (TPSA) is 46.3 Å². The van der Waals surface area contributed by atoms with Crippen LogP contribution in [0.25, 0.3) is 9.40 Å². The van der Waals surface area contributed by atoms with Crippen LogP contribution in [0.15, 0.2) is 41.8 Å². The molecule has 0 saturated heterocycles. The number of nitrogens with two attached hydrogens (primary N) is 1. The van der Waals surface area contributed by atoms with Crippen LogP contribution in [0.1, 0.15) is 23.0 Å². The Morgan fingerprint density at radius 2 is 2.10 bits per heavy atom. The lowest BCUT2D eigenvalue weighted by atomic mass is 10.2. The van der Waals surface area contributed by atoms with Gasteiger partial charge in [0.05, 0.1) is 4.88 Å². The van der Waals surface area contributed by atoms with Crippen LogP contribution in [-0.2, 0) is 0 Å². The van der Waals surface area contributed by atoms with E-state index in [-0.39, 0.29) is 5.91 Å². The number of thiophene rings is 2. The molecule has 21 heavy (non-hydrogen) atoms. The standard InChI is InChI=1S/C16H16N2OS2/c1-2-7-18(12-5-3-4-11(17)9-12)16(19)15-10-14-13(21-15)6-8-20-14/h3-6,8-10H,2,7,17H2,1H3. The molecule has 3 aromatic rings. The summed E-state index contributed by atoms with van der Waals surface area (Å²) < 4.78 is 2.35. The quantitative estimate of drug-likeness (QED) is 0.715. The summed E-state index contributed by atoms with van der Waals surface area (Å²) in [5, 5.41) is 2.05. The first-order valence-corrected chi connectivity index (χ1v) is 8.53. The van der Waals surface area contributed by atoms with E-state index in [2.05, 4.69) is 18.4 Å². The van der Waals surface area contributed by atoms with E-state index in [9.17, 15) is 4.79 Å². The molecule has 1 amide bonds. The average molecular weight is 316 g/mol. The van der Waals surface area contributed by atoms with Crippen LogP contribution in [0.3, 0.4) is 0 Å². The predicted octanol–water partition coefficient (Wildman–Crippen LogP) is 4.60. The largest absolute Gasteiger partial charge is 0.399 e. The maximum atomic E-state index is 12.8. The van der Waals surface area contributed by atoms with Crippen molar-refractivity contribution < 1.29 is 4.79 Å². The van der Waals surface area contributed by atoms with Crippen molar-refractivity contribution >= 4 is 49.4 Å². The highest BCUT2D eigenvalue weighted by Gasteiger charge is 2.19. The summed E-state index contributed by atoms with van der Waals surface area (Å²) in [6.07, 6.45) is 0.903. The number of rotatable bonds is 4. The zero-order valence-electron chi connectivity index (χ0n) is 11.7. The van der Waals surface area contributed by atoms with E-state index in [0.717, 1.165) is 17.0 Å². The lowest BCUT2D eigenvalue weighted by Gasteiger charge is -2.22. The molecule has 0 aliphatic rings. The van der Waals surface area contributed by atoms with Crippen LogP contribution in [0.2, 0.25) is 0 Å². The fraction of sp³-hybridized carbons (Fsp3) is 0.188. The van der Waals surface area contributed by atoms with Crippen LogP contribution >= 0.6 is 22.7 Å². The summed E-state index contributed by atoms with van der Waals surface area (Å²) in [6.45, 7) is 2.76. The van der Waals surface area contributed by atoms with E-state index in [0.29, 0.717) is 12.2 Å². The highest BCUT2D eigenvalue weighted by atomic mass is 32.1. The van der Waals surface area contributed by atoms with E-state index < -0.39 is 0 Å². The number of fused-ring (bicyclic) bond motifs is 1. The maximum Gasteiger partial charge on any atom is 0.268 e. The van der Waals surface area contributed by atoms with E-state index in [1.165, 1.54) is 9.40 Å². The second-order valence-electron chi connectivity index (χ2n) is 4.81. The summed E-state index contributed by atoms with van der Waals surface area (Å²) in [4.78, 5) is 15.4. The summed E-state index contributed by atoms with van der Waals surface area (Å²) in [5.41, 5.74) is 7.38. The average Bonchev–Trinajstić information content (AvgIpc) is 3.05. The zero-order valence-corrected chi connectivity index (χ0v) is 13.3. The van der Waals surface area contributed by atoms with Gasteiger partial charge >= 0.3 is 0 Å². The van der Waals surface area contributed by atoms with Crippen molar-refractivity contribution in [3.05, 3.63) is 46.7 Å². The molecule has 5 heteroatoms. The van der Waals surface area contributed by atoms with Gasteiger partial charge in [-0.3, -0.25) is 4.79 Å². The van der Waals surface area contributed by atoms with Crippen LogP contribution in [-0.4, -0.2) is 12.5 Å². The molecule has 0 unspecified atom stereocenters. The number of carbonyl (C=O) groups excluding carboxylic acids is 1. The molecule has 0 atom stereocenters. The van der Waals surface area contributed by atoms with Crippen molar-refractivity contribution in [2.75, 3.05) is 17.2 Å². The van der Waals surface area contributed by atoms with Gasteiger partial charge in [-0.15, -0.1) is 22.7 Å². The molecule has 2 N–H and O–H groups in total. The number of benzene rings is 1. The van der Waals surface area contributed by atoms with Gasteiger partial charge in [-0.1, -0.05) is 13.0 Å². The number of hydrogen-bond acceptors (Lipinski definition) is 4. The molecule has 3 rings (SSSR count). The second-order valence-corrected chi connectivity index (χ2v) is 6.84. The molecule has 0 aliphatic heterocycles. The van der Waals surface area contributed by atoms with Crippen molar-refractivity contribution in [1.29, 1.82) is 0 Å². The van der Waals surface area contributed by atoms with Crippen LogP contribution in [0.4, 0.5) is 11.4 Å². The Kier molecular flexibility index (Phi) is 3.94. The molecular weight excluding hydrogens is 300 g/mol. The van der Waals surface area contributed by atoms with E-state index in [1.807, 2.05) is 35.2 Å². The lowest BCUT2D eigenvalue weighted by Crippen LogP contribution is -2.31. The molecule has 0 spiro atoms. The van der Waals surface area contributed by atoms with Gasteiger partial charge in [-0.05, 0) is 42.1 Å². The minimum absolute atomic E-state index is 0.0517. The predicted molar refractivity (Wildman–Crippen MR) is 92.5 cm³/mol. The Labute approximate surface area is 131 Å². The number of anilines is 2. The van der Waals surface area contributed by atoms with Gasteiger partial charge in [0.15, 0.2) is 0 Å². The van der Waals surface area contributed by atoms with E-state index >= 15 is 0 Å². The second kappa shape index (κ2) is 5.87. The van der Waals surface area contributed by atoms with Crippen molar-refractivity contribution in [1.82, 2.24) is 0 Å². The van der Waals surface area contributed by atoms with E-state index in [4.69, 9.17) is 5.73 Å². The van der Waals surface area contributed by atoms with Gasteiger partial charge < -0.3 is 10.6 Å². The van der Waals surface area contributed by atoms with Crippen LogP contribution in [0.5, 0.6) is 0 Å². The van der Waals surface area contributed by atoms with Gasteiger partial charge in [0, 0.05) is 27.3 Å². The third-order valence-electron chi connectivity index (χ3n) is 3.22. The first kappa shape index (κ1) is 14.1. The van der Waals surface area contributed by atoms with Gasteiger partial charge in [0.1, 0.15) is 0 Å². The summed E-state index contributed by atoms with van der Waals surface area (Å²) in [5.74, 6) is 0.0517. The Bertz CT molecular complexity index is 747. The van der Waals surface area contributed by atoms with Gasteiger partial charge in [0.2, 0.25) is 0 Å². The zero-order chi connectivity index (χ0) is 14.8. The van der Waals surface area contributed by atoms with Gasteiger partial charge in [-0.25, -0.2) is 0 Å². The van der Waals surface area contributed by atoms with Gasteiger partial charge in [-0.2, -0.15) is 0 Å². The third kappa shape index (κ3) is 2.80. The van der Waals surface area contributed by atoms with Crippen molar-refractivity contribution in [2.24, 2.45) is 0 Å². The SMILES string of the molecule is CCCN(C(=O)c1cc2sccc2s1)c1cccc(N)c1. The fourth-order valence-electron chi connectivity index (χ4n) is 2.27. The number of nitrogen functional groups attached to an aromatic ring is 1. The maximum absolute atomic E-state index is 12.8. The summed E-state index contributed by atoms with van der Waals surface area (Å²) in [6, 6.07) is 11.5. The Morgan fingerprint density at radius 1 is 1.24 bits per heavy atom. The van der Waals surface area contributed by atoms with Crippen molar-refractivity contribution in [3.63, 3.8) is 0 Å². The summed E-state index contributed by atoms with van der Waals surface area (Å²) >= 11 is 3.22. The minimum atomic E-state index is 0.0517. The van der Waals surface area contributed by atoms with Crippen LogP contribution in [0, 0.1) is 0 Å². The molecule has 108 valence electrons. The molecule has 0 saturated carbocycles. The molecule has 0 bridgehead atoms. The smallest absolute Gasteiger partial charge is 0.268 e. The molecule has 0 radical (unpaired) electrons.